The summed E-state index contributed by atoms with van der Waals surface area (Å²) in [5, 5.41) is 0.423. The van der Waals surface area contributed by atoms with Crippen molar-refractivity contribution in [2.75, 3.05) is 6.54 Å². The van der Waals surface area contributed by atoms with E-state index >= 15 is 0 Å². The van der Waals surface area contributed by atoms with Gasteiger partial charge in [0.05, 0.1) is 11.1 Å². The lowest BCUT2D eigenvalue weighted by atomic mass is 9.95. The SMILES string of the molecule is Cc1[nH]c(=O)c(-c2ccc(C(C)CN)cc2)c2c1[nH]c(=O)c1sc(C(F)(F)F)cc12. The number of aromatic amines is 2. The molecule has 156 valence electrons. The first-order valence-corrected chi connectivity index (χ1v) is 10.0. The van der Waals surface area contributed by atoms with Crippen LogP contribution in [0.3, 0.4) is 0 Å². The minimum Gasteiger partial charge on any atom is -0.330 e. The van der Waals surface area contributed by atoms with Crippen molar-refractivity contribution in [2.24, 2.45) is 5.73 Å². The van der Waals surface area contributed by atoms with E-state index < -0.39 is 22.2 Å². The van der Waals surface area contributed by atoms with E-state index in [4.69, 9.17) is 5.73 Å². The molecule has 0 aliphatic heterocycles. The largest absolute Gasteiger partial charge is 0.425 e. The summed E-state index contributed by atoms with van der Waals surface area (Å²) in [4.78, 5) is 29.8. The molecule has 1 aromatic carbocycles. The highest BCUT2D eigenvalue weighted by molar-refractivity contribution is 7.19. The van der Waals surface area contributed by atoms with Gasteiger partial charge in [0.15, 0.2) is 0 Å². The molecule has 0 radical (unpaired) electrons. The predicted molar refractivity (Wildman–Crippen MR) is 113 cm³/mol. The number of hydrogen-bond donors (Lipinski definition) is 3. The van der Waals surface area contributed by atoms with Crippen LogP contribution in [0.2, 0.25) is 0 Å². The molecule has 3 aromatic heterocycles. The molecule has 4 N–H and O–H groups in total. The number of pyridine rings is 2. The van der Waals surface area contributed by atoms with Gasteiger partial charge in [0.2, 0.25) is 0 Å². The van der Waals surface area contributed by atoms with Crippen molar-refractivity contribution in [2.45, 2.75) is 25.9 Å². The summed E-state index contributed by atoms with van der Waals surface area (Å²) in [6, 6.07) is 8.12. The summed E-state index contributed by atoms with van der Waals surface area (Å²) in [7, 11) is 0. The Balaban J connectivity index is 2.10. The lowest BCUT2D eigenvalue weighted by Gasteiger charge is -2.12. The Morgan fingerprint density at radius 1 is 1.10 bits per heavy atom. The number of fused-ring (bicyclic) bond motifs is 3. The highest BCUT2D eigenvalue weighted by Crippen LogP contribution is 2.40. The van der Waals surface area contributed by atoms with E-state index in [0.29, 0.717) is 40.0 Å². The van der Waals surface area contributed by atoms with Crippen LogP contribution in [0.4, 0.5) is 13.2 Å². The Kier molecular flexibility index (Phi) is 4.82. The number of alkyl halides is 3. The predicted octanol–water partition coefficient (Wildman–Crippen LogP) is 4.49. The average Bonchev–Trinajstić information content (AvgIpc) is 3.15. The first-order valence-electron chi connectivity index (χ1n) is 9.21. The monoisotopic (exact) mass is 433 g/mol. The second-order valence-corrected chi connectivity index (χ2v) is 8.32. The molecule has 0 aliphatic rings. The van der Waals surface area contributed by atoms with Crippen molar-refractivity contribution in [3.63, 3.8) is 0 Å². The molecule has 0 fully saturated rings. The highest BCUT2D eigenvalue weighted by Gasteiger charge is 2.34. The molecule has 0 amide bonds. The molecule has 0 bridgehead atoms. The molecule has 0 saturated heterocycles. The Hall–Kier alpha value is -2.91. The molecule has 0 aliphatic carbocycles. The summed E-state index contributed by atoms with van der Waals surface area (Å²) < 4.78 is 39.9. The van der Waals surface area contributed by atoms with Crippen molar-refractivity contribution in [3.05, 3.63) is 67.2 Å². The van der Waals surface area contributed by atoms with Crippen LogP contribution in [0.15, 0.2) is 39.9 Å². The van der Waals surface area contributed by atoms with Crippen LogP contribution in [0.5, 0.6) is 0 Å². The zero-order chi connectivity index (χ0) is 21.8. The fraction of sp³-hybridized carbons (Fsp3) is 0.238. The molecule has 9 heteroatoms. The van der Waals surface area contributed by atoms with Gasteiger partial charge in [-0.25, -0.2) is 0 Å². The molecule has 1 unspecified atom stereocenters. The van der Waals surface area contributed by atoms with Gasteiger partial charge in [-0.15, -0.1) is 11.3 Å². The van der Waals surface area contributed by atoms with E-state index in [1.807, 2.05) is 19.1 Å². The smallest absolute Gasteiger partial charge is 0.330 e. The maximum Gasteiger partial charge on any atom is 0.425 e. The van der Waals surface area contributed by atoms with Crippen molar-refractivity contribution in [1.29, 1.82) is 0 Å². The molecule has 0 saturated carbocycles. The van der Waals surface area contributed by atoms with Gasteiger partial charge >= 0.3 is 6.18 Å². The lowest BCUT2D eigenvalue weighted by molar-refractivity contribution is -0.134. The van der Waals surface area contributed by atoms with Crippen LogP contribution in [-0.4, -0.2) is 16.5 Å². The van der Waals surface area contributed by atoms with Gasteiger partial charge in [0.25, 0.3) is 11.1 Å². The van der Waals surface area contributed by atoms with Crippen LogP contribution >= 0.6 is 11.3 Å². The standard InChI is InChI=1S/C21H18F3N3O2S/c1-9(8-25)11-3-5-12(6-4-11)15-16-13-7-14(21(22,23)24)30-18(13)20(29)27-17(16)10(2)26-19(15)28/h3-7,9H,8,25H2,1-2H3,(H,26,28)(H,27,29). The topological polar surface area (TPSA) is 91.7 Å². The summed E-state index contributed by atoms with van der Waals surface area (Å²) in [6.45, 7) is 4.03. The number of H-pyrrole nitrogens is 2. The van der Waals surface area contributed by atoms with Crippen LogP contribution in [0, 0.1) is 6.92 Å². The third-order valence-corrected chi connectivity index (χ3v) is 6.43. The average molecular weight is 433 g/mol. The Morgan fingerprint density at radius 2 is 1.77 bits per heavy atom. The molecule has 4 rings (SSSR count). The number of hydrogen-bond acceptors (Lipinski definition) is 4. The third-order valence-electron chi connectivity index (χ3n) is 5.25. The van der Waals surface area contributed by atoms with Gasteiger partial charge in [-0.2, -0.15) is 13.2 Å². The minimum atomic E-state index is -4.58. The van der Waals surface area contributed by atoms with Crippen LogP contribution in [0.1, 0.15) is 29.0 Å². The second-order valence-electron chi connectivity index (χ2n) is 7.27. The number of aromatic nitrogens is 2. The number of nitrogens with two attached hydrogens (primary N) is 1. The van der Waals surface area contributed by atoms with Gasteiger partial charge in [-0.05, 0) is 36.6 Å². The first kappa shape index (κ1) is 20.4. The number of aryl methyl sites for hydroxylation is 1. The number of halogens is 3. The first-order chi connectivity index (χ1) is 14.1. The van der Waals surface area contributed by atoms with E-state index in [-0.39, 0.29) is 21.6 Å². The van der Waals surface area contributed by atoms with Crippen molar-refractivity contribution in [3.8, 4) is 11.1 Å². The van der Waals surface area contributed by atoms with Gasteiger partial charge in [-0.3, -0.25) is 9.59 Å². The number of rotatable bonds is 3. The van der Waals surface area contributed by atoms with Crippen LogP contribution < -0.4 is 16.9 Å². The van der Waals surface area contributed by atoms with Crippen LogP contribution in [-0.2, 0) is 6.18 Å². The van der Waals surface area contributed by atoms with Gasteiger partial charge < -0.3 is 15.7 Å². The third kappa shape index (κ3) is 3.23. The fourth-order valence-corrected chi connectivity index (χ4v) is 4.52. The summed E-state index contributed by atoms with van der Waals surface area (Å²) in [5.74, 6) is 0.126. The fourth-order valence-electron chi connectivity index (χ4n) is 3.59. The van der Waals surface area contributed by atoms with Crippen molar-refractivity contribution in [1.82, 2.24) is 9.97 Å². The zero-order valence-electron chi connectivity index (χ0n) is 16.1. The van der Waals surface area contributed by atoms with Crippen LogP contribution in [0.25, 0.3) is 32.1 Å². The Morgan fingerprint density at radius 3 is 2.37 bits per heavy atom. The molecule has 3 heterocycles. The number of nitrogens with one attached hydrogen (secondary N) is 2. The number of thiophene rings is 1. The quantitative estimate of drug-likeness (QED) is 0.445. The Labute approximate surface area is 172 Å². The normalized spacial score (nSPS) is 13.3. The second kappa shape index (κ2) is 7.10. The number of benzene rings is 1. The van der Waals surface area contributed by atoms with Crippen molar-refractivity contribution >= 4 is 32.3 Å². The van der Waals surface area contributed by atoms with Gasteiger partial charge in [0, 0.05) is 16.5 Å². The Bertz CT molecular complexity index is 1380. The molecule has 1 atom stereocenters. The summed E-state index contributed by atoms with van der Waals surface area (Å²) >= 11 is 0.376. The zero-order valence-corrected chi connectivity index (χ0v) is 16.9. The molecular formula is C21H18F3N3O2S. The molecule has 30 heavy (non-hydrogen) atoms. The lowest BCUT2D eigenvalue weighted by Crippen LogP contribution is -2.15. The van der Waals surface area contributed by atoms with E-state index in [1.54, 1.807) is 19.1 Å². The molecular weight excluding hydrogens is 415 g/mol. The van der Waals surface area contributed by atoms with E-state index in [9.17, 15) is 22.8 Å². The van der Waals surface area contributed by atoms with E-state index in [2.05, 4.69) is 9.97 Å². The summed E-state index contributed by atoms with van der Waals surface area (Å²) in [6.07, 6.45) is -4.58. The summed E-state index contributed by atoms with van der Waals surface area (Å²) in [5.41, 5.74) is 7.09. The van der Waals surface area contributed by atoms with Crippen molar-refractivity contribution < 1.29 is 13.2 Å². The van der Waals surface area contributed by atoms with E-state index in [0.717, 1.165) is 11.6 Å². The maximum absolute atomic E-state index is 13.3. The highest BCUT2D eigenvalue weighted by atomic mass is 32.1. The molecule has 5 nitrogen and oxygen atoms in total. The molecule has 0 spiro atoms. The maximum atomic E-state index is 13.3. The minimum absolute atomic E-state index is 0.0607. The van der Waals surface area contributed by atoms with Gasteiger partial charge in [-0.1, -0.05) is 31.2 Å². The van der Waals surface area contributed by atoms with E-state index in [1.165, 1.54) is 0 Å². The molecule has 4 aromatic rings. The van der Waals surface area contributed by atoms with Gasteiger partial charge in [0.1, 0.15) is 9.58 Å².